The molecule has 19 heavy (non-hydrogen) atoms. The Morgan fingerprint density at radius 1 is 1.42 bits per heavy atom. The van der Waals surface area contributed by atoms with Crippen molar-refractivity contribution in [1.82, 2.24) is 10.2 Å². The monoisotopic (exact) mass is 259 g/mol. The van der Waals surface area contributed by atoms with Crippen molar-refractivity contribution in [1.29, 1.82) is 5.26 Å². The third kappa shape index (κ3) is 3.13. The summed E-state index contributed by atoms with van der Waals surface area (Å²) in [5.41, 5.74) is 1.93. The van der Waals surface area contributed by atoms with Crippen LogP contribution in [0.5, 0.6) is 0 Å². The van der Waals surface area contributed by atoms with Gasteiger partial charge in [-0.1, -0.05) is 19.1 Å². The van der Waals surface area contributed by atoms with E-state index in [0.29, 0.717) is 5.56 Å². The van der Waals surface area contributed by atoms with Crippen LogP contribution in [0.1, 0.15) is 24.1 Å². The van der Waals surface area contributed by atoms with Gasteiger partial charge in [-0.05, 0) is 31.3 Å². The van der Waals surface area contributed by atoms with Gasteiger partial charge in [-0.15, -0.1) is 0 Å². The van der Waals surface area contributed by atoms with Gasteiger partial charge in [-0.25, -0.2) is 0 Å². The zero-order valence-corrected chi connectivity index (χ0v) is 11.6. The lowest BCUT2D eigenvalue weighted by Gasteiger charge is -2.41. The van der Waals surface area contributed by atoms with Gasteiger partial charge in [0.2, 0.25) is 0 Å². The van der Waals surface area contributed by atoms with Crippen LogP contribution < -0.4 is 5.32 Å². The van der Waals surface area contributed by atoms with Gasteiger partial charge in [-0.3, -0.25) is 4.90 Å². The van der Waals surface area contributed by atoms with E-state index in [9.17, 15) is 0 Å². The van der Waals surface area contributed by atoms with Gasteiger partial charge in [0, 0.05) is 13.1 Å². The molecule has 1 aliphatic rings. The predicted octanol–water partition coefficient (Wildman–Crippen LogP) is 1.54. The lowest BCUT2D eigenvalue weighted by Crippen LogP contribution is -2.48. The first-order valence-electron chi connectivity index (χ1n) is 6.80. The van der Waals surface area contributed by atoms with E-state index < -0.39 is 0 Å². The van der Waals surface area contributed by atoms with Gasteiger partial charge in [0.15, 0.2) is 0 Å². The number of benzene rings is 1. The maximum atomic E-state index is 8.88. The molecule has 0 aromatic heterocycles. The highest BCUT2D eigenvalue weighted by Gasteiger charge is 2.32. The molecular formula is C15H21N3O. The molecule has 2 atom stereocenters. The van der Waals surface area contributed by atoms with E-state index in [2.05, 4.69) is 23.2 Å². The third-order valence-electron chi connectivity index (χ3n) is 3.65. The van der Waals surface area contributed by atoms with Crippen molar-refractivity contribution in [2.75, 3.05) is 33.3 Å². The highest BCUT2D eigenvalue weighted by atomic mass is 16.5. The maximum absolute atomic E-state index is 8.88. The van der Waals surface area contributed by atoms with E-state index in [4.69, 9.17) is 10.00 Å². The average Bonchev–Trinajstić information content (AvgIpc) is 2.47. The number of likely N-dealkylation sites (N-methyl/N-ethyl adjacent to an activating group) is 2. The van der Waals surface area contributed by atoms with Crippen LogP contribution in [0, 0.1) is 11.3 Å². The summed E-state index contributed by atoms with van der Waals surface area (Å²) in [4.78, 5) is 2.44. The number of nitriles is 1. The van der Waals surface area contributed by atoms with E-state index in [-0.39, 0.29) is 12.1 Å². The summed E-state index contributed by atoms with van der Waals surface area (Å²) in [5, 5.41) is 12.1. The molecule has 4 heteroatoms. The molecule has 0 saturated carbocycles. The lowest BCUT2D eigenvalue weighted by atomic mass is 9.97. The zero-order valence-electron chi connectivity index (χ0n) is 11.6. The molecule has 102 valence electrons. The molecule has 1 aliphatic heterocycles. The molecule has 1 saturated heterocycles. The summed E-state index contributed by atoms with van der Waals surface area (Å²) in [6.07, 6.45) is 0.159. The number of nitrogens with one attached hydrogen (secondary N) is 1. The smallest absolute Gasteiger partial charge is 0.0991 e. The van der Waals surface area contributed by atoms with Crippen molar-refractivity contribution < 1.29 is 4.74 Å². The first-order valence-corrected chi connectivity index (χ1v) is 6.80. The van der Waals surface area contributed by atoms with Crippen molar-refractivity contribution in [2.45, 2.75) is 19.1 Å². The van der Waals surface area contributed by atoms with Gasteiger partial charge >= 0.3 is 0 Å². The molecule has 1 heterocycles. The molecule has 0 spiro atoms. The molecule has 1 aromatic rings. The van der Waals surface area contributed by atoms with Gasteiger partial charge in [0.25, 0.3) is 0 Å². The minimum Gasteiger partial charge on any atom is -0.374 e. The van der Waals surface area contributed by atoms with Gasteiger partial charge in [0.05, 0.1) is 30.4 Å². The number of hydrogen-bond acceptors (Lipinski definition) is 4. The SMILES string of the molecule is CCN1CCOC(CNC)C1c1ccc(C#N)cc1. The Balaban J connectivity index is 2.25. The number of morpholine rings is 1. The Kier molecular flexibility index (Phi) is 4.92. The van der Waals surface area contributed by atoms with Crippen LogP contribution in [0.2, 0.25) is 0 Å². The summed E-state index contributed by atoms with van der Waals surface area (Å²) in [5.74, 6) is 0. The molecule has 4 nitrogen and oxygen atoms in total. The van der Waals surface area contributed by atoms with E-state index in [1.807, 2.05) is 31.3 Å². The Morgan fingerprint density at radius 3 is 2.74 bits per heavy atom. The average molecular weight is 259 g/mol. The normalized spacial score (nSPS) is 24.1. The van der Waals surface area contributed by atoms with Crippen LogP contribution in [-0.4, -0.2) is 44.3 Å². The minimum atomic E-state index is 0.159. The number of hydrogen-bond donors (Lipinski definition) is 1. The van der Waals surface area contributed by atoms with Crippen LogP contribution >= 0.6 is 0 Å². The molecule has 2 rings (SSSR count). The second-order valence-electron chi connectivity index (χ2n) is 4.77. The highest BCUT2D eigenvalue weighted by molar-refractivity contribution is 5.33. The fourth-order valence-corrected chi connectivity index (χ4v) is 2.69. The van der Waals surface area contributed by atoms with Crippen LogP contribution in [0.25, 0.3) is 0 Å². The first kappa shape index (κ1) is 14.0. The Labute approximate surface area is 115 Å². The van der Waals surface area contributed by atoms with Crippen molar-refractivity contribution in [3.8, 4) is 6.07 Å². The second kappa shape index (κ2) is 6.67. The van der Waals surface area contributed by atoms with Gasteiger partial charge < -0.3 is 10.1 Å². The summed E-state index contributed by atoms with van der Waals surface area (Å²) < 4.78 is 5.90. The van der Waals surface area contributed by atoms with E-state index in [1.165, 1.54) is 5.56 Å². The molecular weight excluding hydrogens is 238 g/mol. The Hall–Kier alpha value is -1.41. The van der Waals surface area contributed by atoms with E-state index in [1.54, 1.807) is 0 Å². The maximum Gasteiger partial charge on any atom is 0.0991 e. The van der Waals surface area contributed by atoms with Crippen molar-refractivity contribution >= 4 is 0 Å². The Bertz CT molecular complexity index is 436. The molecule has 1 N–H and O–H groups in total. The molecule has 0 bridgehead atoms. The Morgan fingerprint density at radius 2 is 2.16 bits per heavy atom. The van der Waals surface area contributed by atoms with Crippen molar-refractivity contribution in [3.63, 3.8) is 0 Å². The molecule has 0 radical (unpaired) electrons. The topological polar surface area (TPSA) is 48.3 Å². The number of rotatable bonds is 4. The predicted molar refractivity (Wildman–Crippen MR) is 74.8 cm³/mol. The molecule has 0 amide bonds. The van der Waals surface area contributed by atoms with Crippen LogP contribution in [0.15, 0.2) is 24.3 Å². The molecule has 1 aromatic carbocycles. The second-order valence-corrected chi connectivity index (χ2v) is 4.77. The van der Waals surface area contributed by atoms with E-state index in [0.717, 1.165) is 26.2 Å². The quantitative estimate of drug-likeness (QED) is 0.891. The molecule has 0 aliphatic carbocycles. The minimum absolute atomic E-state index is 0.159. The summed E-state index contributed by atoms with van der Waals surface area (Å²) in [6, 6.07) is 10.3. The zero-order chi connectivity index (χ0) is 13.7. The fraction of sp³-hybridized carbons (Fsp3) is 0.533. The lowest BCUT2D eigenvalue weighted by molar-refractivity contribution is -0.0686. The first-order chi connectivity index (χ1) is 9.30. The summed E-state index contributed by atoms with van der Waals surface area (Å²) in [7, 11) is 1.95. The summed E-state index contributed by atoms with van der Waals surface area (Å²) in [6.45, 7) is 5.77. The van der Waals surface area contributed by atoms with E-state index >= 15 is 0 Å². The standard InChI is InChI=1S/C15H21N3O/c1-3-18-8-9-19-14(11-17-2)15(18)13-6-4-12(10-16)5-7-13/h4-7,14-15,17H,3,8-9,11H2,1-2H3. The van der Waals surface area contributed by atoms with Gasteiger partial charge in [0.1, 0.15) is 0 Å². The fourth-order valence-electron chi connectivity index (χ4n) is 2.69. The summed E-state index contributed by atoms with van der Waals surface area (Å²) >= 11 is 0. The highest BCUT2D eigenvalue weighted by Crippen LogP contribution is 2.29. The van der Waals surface area contributed by atoms with Crippen LogP contribution in [0.4, 0.5) is 0 Å². The number of nitrogens with zero attached hydrogens (tertiary/aromatic N) is 2. The van der Waals surface area contributed by atoms with Crippen molar-refractivity contribution in [3.05, 3.63) is 35.4 Å². The molecule has 2 unspecified atom stereocenters. The van der Waals surface area contributed by atoms with Crippen LogP contribution in [0.3, 0.4) is 0 Å². The third-order valence-corrected chi connectivity index (χ3v) is 3.65. The van der Waals surface area contributed by atoms with Crippen LogP contribution in [-0.2, 0) is 4.74 Å². The largest absolute Gasteiger partial charge is 0.374 e. The van der Waals surface area contributed by atoms with Gasteiger partial charge in [-0.2, -0.15) is 5.26 Å². The molecule has 1 fully saturated rings. The number of ether oxygens (including phenoxy) is 1. The van der Waals surface area contributed by atoms with Crippen molar-refractivity contribution in [2.24, 2.45) is 0 Å².